The molecule has 0 aliphatic heterocycles. The van der Waals surface area contributed by atoms with Gasteiger partial charge in [-0.25, -0.2) is 4.79 Å². The molecule has 0 amide bonds. The summed E-state index contributed by atoms with van der Waals surface area (Å²) >= 11 is 0. The van der Waals surface area contributed by atoms with E-state index in [-0.39, 0.29) is 0 Å². The lowest BCUT2D eigenvalue weighted by atomic mass is 10.0. The highest BCUT2D eigenvalue weighted by molar-refractivity contribution is 5.80. The lowest BCUT2D eigenvalue weighted by molar-refractivity contribution is 0.415. The predicted octanol–water partition coefficient (Wildman–Crippen LogP) is 5.73. The normalized spacial score (nSPS) is 10.7. The van der Waals surface area contributed by atoms with E-state index in [2.05, 4.69) is 0 Å². The largest absolute Gasteiger partial charge is 0.497 e. The Morgan fingerprint density at radius 3 is 2.34 bits per heavy atom. The van der Waals surface area contributed by atoms with E-state index < -0.39 is 5.63 Å². The van der Waals surface area contributed by atoms with Crippen molar-refractivity contribution in [2.24, 2.45) is 0 Å². The summed E-state index contributed by atoms with van der Waals surface area (Å²) in [6.07, 6.45) is 1.56. The van der Waals surface area contributed by atoms with Gasteiger partial charge in [0.25, 0.3) is 0 Å². The summed E-state index contributed by atoms with van der Waals surface area (Å²) in [7, 11) is 1.63. The molecule has 0 saturated heterocycles. The number of rotatable bonds is 6. The lowest BCUT2D eigenvalue weighted by Crippen LogP contribution is -2.22. The molecule has 2 aromatic heterocycles. The van der Waals surface area contributed by atoms with Crippen molar-refractivity contribution in [3.05, 3.63) is 89.5 Å². The molecule has 146 valence electrons. The first-order chi connectivity index (χ1) is 14.2. The van der Waals surface area contributed by atoms with Crippen LogP contribution in [0, 0.1) is 0 Å². The van der Waals surface area contributed by atoms with Gasteiger partial charge in [0, 0.05) is 17.8 Å². The zero-order valence-corrected chi connectivity index (χ0v) is 16.3. The standard InChI is InChI=1S/C24H21NO4/c1-3-25(18-11-13-19(27-2)14-12-18)21-16-20(17-8-5-4-6-9-17)23(29-24(21)26)22-10-7-15-28-22/h4-16H,3H2,1-2H3. The van der Waals surface area contributed by atoms with Gasteiger partial charge in [0.15, 0.2) is 11.5 Å². The van der Waals surface area contributed by atoms with Crippen molar-refractivity contribution >= 4 is 11.4 Å². The highest BCUT2D eigenvalue weighted by Gasteiger charge is 2.20. The molecule has 2 heterocycles. The topological polar surface area (TPSA) is 55.8 Å². The first-order valence-electron chi connectivity index (χ1n) is 9.40. The van der Waals surface area contributed by atoms with Gasteiger partial charge in [-0.05, 0) is 55.0 Å². The van der Waals surface area contributed by atoms with Gasteiger partial charge in [0.1, 0.15) is 11.4 Å². The smallest absolute Gasteiger partial charge is 0.360 e. The molecule has 0 bridgehead atoms. The number of methoxy groups -OCH3 is 1. The first kappa shape index (κ1) is 18.6. The number of hydrogen-bond acceptors (Lipinski definition) is 5. The summed E-state index contributed by atoms with van der Waals surface area (Å²) in [5.74, 6) is 1.69. The molecule has 0 saturated carbocycles. The zero-order valence-electron chi connectivity index (χ0n) is 16.3. The Hall–Kier alpha value is -3.73. The van der Waals surface area contributed by atoms with Crippen LogP contribution in [0.1, 0.15) is 6.92 Å². The number of nitrogens with zero attached hydrogens (tertiary/aromatic N) is 1. The summed E-state index contributed by atoms with van der Waals surface area (Å²) in [6.45, 7) is 2.59. The van der Waals surface area contributed by atoms with E-state index in [4.69, 9.17) is 13.6 Å². The molecule has 0 aliphatic rings. The van der Waals surface area contributed by atoms with Gasteiger partial charge in [-0.1, -0.05) is 30.3 Å². The van der Waals surface area contributed by atoms with Gasteiger partial charge in [-0.3, -0.25) is 0 Å². The average Bonchev–Trinajstić information content (AvgIpc) is 3.31. The molecular weight excluding hydrogens is 366 g/mol. The fourth-order valence-corrected chi connectivity index (χ4v) is 3.33. The Morgan fingerprint density at radius 2 is 1.72 bits per heavy atom. The highest BCUT2D eigenvalue weighted by Crippen LogP contribution is 2.35. The fourth-order valence-electron chi connectivity index (χ4n) is 3.33. The molecule has 2 aromatic carbocycles. The summed E-state index contributed by atoms with van der Waals surface area (Å²) in [4.78, 5) is 14.9. The zero-order chi connectivity index (χ0) is 20.2. The fraction of sp³-hybridized carbons (Fsp3) is 0.125. The van der Waals surface area contributed by atoms with Crippen LogP contribution in [0.3, 0.4) is 0 Å². The van der Waals surface area contributed by atoms with E-state index >= 15 is 0 Å². The number of ether oxygens (including phenoxy) is 1. The van der Waals surface area contributed by atoms with Crippen molar-refractivity contribution in [3.8, 4) is 28.4 Å². The maximum Gasteiger partial charge on any atom is 0.360 e. The minimum atomic E-state index is -0.422. The van der Waals surface area contributed by atoms with E-state index in [1.165, 1.54) is 0 Å². The lowest BCUT2D eigenvalue weighted by Gasteiger charge is -2.23. The molecule has 0 fully saturated rings. The van der Waals surface area contributed by atoms with Crippen LogP contribution in [0.25, 0.3) is 22.6 Å². The van der Waals surface area contributed by atoms with Gasteiger partial charge in [0.05, 0.1) is 13.4 Å². The third-order valence-corrected chi connectivity index (χ3v) is 4.75. The molecule has 0 spiro atoms. The monoisotopic (exact) mass is 387 g/mol. The maximum absolute atomic E-state index is 12.9. The molecule has 0 radical (unpaired) electrons. The summed E-state index contributed by atoms with van der Waals surface area (Å²) in [5.41, 5.74) is 2.66. The molecule has 0 N–H and O–H groups in total. The Labute approximate surface area is 168 Å². The van der Waals surface area contributed by atoms with E-state index in [0.717, 1.165) is 22.6 Å². The van der Waals surface area contributed by atoms with E-state index in [1.54, 1.807) is 25.5 Å². The maximum atomic E-state index is 12.9. The quantitative estimate of drug-likeness (QED) is 0.423. The molecule has 0 atom stereocenters. The summed E-state index contributed by atoms with van der Waals surface area (Å²) in [6, 6.07) is 22.8. The van der Waals surface area contributed by atoms with E-state index in [0.29, 0.717) is 23.8 Å². The number of furan rings is 1. The molecule has 0 aliphatic carbocycles. The van der Waals surface area contributed by atoms with Gasteiger partial charge in [0.2, 0.25) is 0 Å². The Balaban J connectivity index is 1.88. The second-order valence-corrected chi connectivity index (χ2v) is 6.45. The van der Waals surface area contributed by atoms with Crippen molar-refractivity contribution in [1.29, 1.82) is 0 Å². The molecule has 29 heavy (non-hydrogen) atoms. The van der Waals surface area contributed by atoms with Gasteiger partial charge in [-0.2, -0.15) is 0 Å². The van der Waals surface area contributed by atoms with E-state index in [9.17, 15) is 4.79 Å². The van der Waals surface area contributed by atoms with Crippen molar-refractivity contribution in [3.63, 3.8) is 0 Å². The third kappa shape index (κ3) is 3.67. The van der Waals surface area contributed by atoms with Crippen LogP contribution in [0.4, 0.5) is 11.4 Å². The number of benzene rings is 2. The second-order valence-electron chi connectivity index (χ2n) is 6.45. The van der Waals surface area contributed by atoms with Crippen LogP contribution in [-0.2, 0) is 0 Å². The molecule has 4 aromatic rings. The molecule has 5 heteroatoms. The number of hydrogen-bond donors (Lipinski definition) is 0. The van der Waals surface area contributed by atoms with Crippen molar-refractivity contribution < 1.29 is 13.6 Å². The number of anilines is 2. The van der Waals surface area contributed by atoms with Gasteiger partial charge in [-0.15, -0.1) is 0 Å². The van der Waals surface area contributed by atoms with Gasteiger partial charge >= 0.3 is 5.63 Å². The van der Waals surface area contributed by atoms with Crippen LogP contribution in [0.2, 0.25) is 0 Å². The summed E-state index contributed by atoms with van der Waals surface area (Å²) < 4.78 is 16.5. The average molecular weight is 387 g/mol. The first-order valence-corrected chi connectivity index (χ1v) is 9.40. The van der Waals surface area contributed by atoms with E-state index in [1.807, 2.05) is 72.5 Å². The molecule has 5 nitrogen and oxygen atoms in total. The minimum absolute atomic E-state index is 0.417. The predicted molar refractivity (Wildman–Crippen MR) is 114 cm³/mol. The van der Waals surface area contributed by atoms with Crippen LogP contribution in [-0.4, -0.2) is 13.7 Å². The Morgan fingerprint density at radius 1 is 0.966 bits per heavy atom. The third-order valence-electron chi connectivity index (χ3n) is 4.75. The van der Waals surface area contributed by atoms with Crippen molar-refractivity contribution in [2.75, 3.05) is 18.6 Å². The molecular formula is C24H21NO4. The Kier molecular flexibility index (Phi) is 5.20. The van der Waals surface area contributed by atoms with Crippen LogP contribution in [0.5, 0.6) is 5.75 Å². The summed E-state index contributed by atoms with van der Waals surface area (Å²) in [5, 5.41) is 0. The van der Waals surface area contributed by atoms with Crippen LogP contribution < -0.4 is 15.3 Å². The van der Waals surface area contributed by atoms with Crippen molar-refractivity contribution in [2.45, 2.75) is 6.92 Å². The molecule has 4 rings (SSSR count). The SMILES string of the molecule is CCN(c1ccc(OC)cc1)c1cc(-c2ccccc2)c(-c2ccco2)oc1=O. The Bertz CT molecular complexity index is 1130. The molecule has 0 unspecified atom stereocenters. The van der Waals surface area contributed by atoms with Crippen LogP contribution >= 0.6 is 0 Å². The minimum Gasteiger partial charge on any atom is -0.497 e. The van der Waals surface area contributed by atoms with Crippen LogP contribution in [0.15, 0.2) is 92.7 Å². The van der Waals surface area contributed by atoms with Gasteiger partial charge < -0.3 is 18.5 Å². The van der Waals surface area contributed by atoms with Crippen molar-refractivity contribution in [1.82, 2.24) is 0 Å². The highest BCUT2D eigenvalue weighted by atomic mass is 16.5. The second kappa shape index (κ2) is 8.10.